The van der Waals surface area contributed by atoms with E-state index in [1.807, 2.05) is 54.6 Å². The Bertz CT molecular complexity index is 2630. The van der Waals surface area contributed by atoms with E-state index in [1.54, 1.807) is 0 Å². The molecule has 0 aliphatic rings. The van der Waals surface area contributed by atoms with Gasteiger partial charge in [-0.2, -0.15) is 109 Å². The first-order valence-electron chi connectivity index (χ1n) is 20.2. The van der Waals surface area contributed by atoms with E-state index in [2.05, 4.69) is 200 Å². The molecule has 0 aliphatic carbocycles. The van der Waals surface area contributed by atoms with Gasteiger partial charge in [0.15, 0.2) is 0 Å². The smallest absolute Gasteiger partial charge is 0 e. The number of benzene rings is 10. The molecule has 0 bridgehead atoms. The Morgan fingerprint density at radius 1 is 0.190 bits per heavy atom. The zero-order chi connectivity index (χ0) is 40.1. The summed E-state index contributed by atoms with van der Waals surface area (Å²) < 4.78 is 0. The van der Waals surface area contributed by atoms with Crippen molar-refractivity contribution >= 4 is 0 Å². The summed E-state index contributed by atoms with van der Waals surface area (Å²) in [6.45, 7) is 0. The van der Waals surface area contributed by atoms with Gasteiger partial charge in [0.05, 0.1) is 0 Å². The summed E-state index contributed by atoms with van der Waals surface area (Å²) in [6.07, 6.45) is 0. The van der Waals surface area contributed by atoms with Crippen molar-refractivity contribution in [3.8, 4) is 100 Å². The minimum absolute atomic E-state index is 0. The van der Waals surface area contributed by atoms with Crippen molar-refractivity contribution in [1.82, 2.24) is 0 Å². The average molecular weight is 1020 g/mol. The standard InChI is InChI=1S/C60H36.3Y/c1-7-19-43(20-8-1)46-31-37-52(38-32-46)58-55(49-25-13-4-14-26-49)59(53-39-33-47(34-40-53)44-21-9-2-10-22-44)57(51-29-17-6-18-30-51)60(56(58)50-27-15-5-16-28-50)54-41-35-48(36-42-54)45-23-11-3-12-24-45;;;/h1-19,21,23,25-31,33,35,37-42H;;;/q-6;;;. The second-order valence-electron chi connectivity index (χ2n) is 14.6. The van der Waals surface area contributed by atoms with Gasteiger partial charge in [-0.3, -0.25) is 0 Å². The monoisotopic (exact) mass is 1020 g/mol. The fourth-order valence-corrected chi connectivity index (χ4v) is 8.22. The molecule has 10 rings (SSSR count). The third-order valence-electron chi connectivity index (χ3n) is 11.0. The fourth-order valence-electron chi connectivity index (χ4n) is 8.22. The summed E-state index contributed by atoms with van der Waals surface area (Å²) >= 11 is 0. The molecule has 0 heterocycles. The summed E-state index contributed by atoms with van der Waals surface area (Å²) in [5.74, 6) is 0. The SMILES string of the molecule is [Y].[Y].[Y].[c-]1ccccc1-c1[c-]cc(-c2c(-c3ccccc3)c(-c3c[c-]c(-c4[c-]cccc4)cc3)c(-c3ccccc3)c(-c3c[c-]c(-c4[c-]cccc4)cc3)c2-c2ccccc2)cc1. The molecule has 0 spiro atoms. The first kappa shape index (κ1) is 46.5. The van der Waals surface area contributed by atoms with Gasteiger partial charge in [-0.25, -0.2) is 33.4 Å². The molecule has 3 heteroatoms. The van der Waals surface area contributed by atoms with Crippen LogP contribution in [0.2, 0.25) is 0 Å². The molecule has 0 N–H and O–H groups in total. The molecule has 3 radical (unpaired) electrons. The van der Waals surface area contributed by atoms with Gasteiger partial charge in [0.1, 0.15) is 0 Å². The van der Waals surface area contributed by atoms with E-state index in [4.69, 9.17) is 0 Å². The third kappa shape index (κ3) is 9.94. The topological polar surface area (TPSA) is 0 Å². The van der Waals surface area contributed by atoms with Crippen molar-refractivity contribution in [1.29, 1.82) is 0 Å². The van der Waals surface area contributed by atoms with Gasteiger partial charge in [-0.05, 0) is 50.1 Å². The van der Waals surface area contributed by atoms with Crippen LogP contribution in [-0.4, -0.2) is 0 Å². The third-order valence-corrected chi connectivity index (χ3v) is 11.0. The summed E-state index contributed by atoms with van der Waals surface area (Å²) in [5, 5.41) is 0. The molecule has 63 heavy (non-hydrogen) atoms. The van der Waals surface area contributed by atoms with Crippen LogP contribution in [0.3, 0.4) is 0 Å². The number of hydrogen-bond donors (Lipinski definition) is 0. The molecule has 10 aromatic rings. The second kappa shape index (κ2) is 21.9. The van der Waals surface area contributed by atoms with Crippen LogP contribution in [-0.2, 0) is 98.1 Å². The summed E-state index contributed by atoms with van der Waals surface area (Å²) in [6, 6.07) is 97.7. The van der Waals surface area contributed by atoms with Crippen molar-refractivity contribution in [2.24, 2.45) is 0 Å². The van der Waals surface area contributed by atoms with E-state index in [1.165, 1.54) is 0 Å². The van der Waals surface area contributed by atoms with Crippen LogP contribution < -0.4 is 0 Å². The zero-order valence-corrected chi connectivity index (χ0v) is 43.0. The zero-order valence-electron chi connectivity index (χ0n) is 34.5. The Morgan fingerprint density at radius 2 is 0.429 bits per heavy atom. The van der Waals surface area contributed by atoms with Crippen molar-refractivity contribution in [2.75, 3.05) is 0 Å². The maximum atomic E-state index is 3.67. The molecule has 0 atom stereocenters. The molecule has 0 fully saturated rings. The Balaban J connectivity index is 0.00000198. The van der Waals surface area contributed by atoms with Gasteiger partial charge in [0.25, 0.3) is 0 Å². The fraction of sp³-hybridized carbons (Fsp3) is 0. The summed E-state index contributed by atoms with van der Waals surface area (Å²) in [4.78, 5) is 0. The molecule has 0 aliphatic heterocycles. The van der Waals surface area contributed by atoms with Gasteiger partial charge in [-0.15, -0.1) is 54.6 Å². The van der Waals surface area contributed by atoms with E-state index >= 15 is 0 Å². The molecule has 10 aromatic carbocycles. The number of hydrogen-bond acceptors (Lipinski definition) is 0. The molecule has 0 aromatic heterocycles. The number of rotatable bonds is 9. The van der Waals surface area contributed by atoms with Crippen molar-refractivity contribution in [3.63, 3.8) is 0 Å². The van der Waals surface area contributed by atoms with Crippen LogP contribution >= 0.6 is 0 Å². The maximum absolute atomic E-state index is 3.67. The van der Waals surface area contributed by atoms with Gasteiger partial charge < -0.3 is 0 Å². The predicted molar refractivity (Wildman–Crippen MR) is 248 cm³/mol. The van der Waals surface area contributed by atoms with Crippen molar-refractivity contribution in [3.05, 3.63) is 255 Å². The first-order valence-corrected chi connectivity index (χ1v) is 20.2. The molecule has 0 saturated heterocycles. The Morgan fingerprint density at radius 3 is 0.651 bits per heavy atom. The molecule has 0 nitrogen and oxygen atoms in total. The van der Waals surface area contributed by atoms with Gasteiger partial charge in [0.2, 0.25) is 0 Å². The Hall–Kier alpha value is -4.49. The van der Waals surface area contributed by atoms with Gasteiger partial charge in [0, 0.05) is 98.1 Å². The van der Waals surface area contributed by atoms with Crippen molar-refractivity contribution in [2.45, 2.75) is 0 Å². The van der Waals surface area contributed by atoms with Crippen LogP contribution in [0.15, 0.2) is 218 Å². The van der Waals surface area contributed by atoms with Crippen LogP contribution in [0.5, 0.6) is 0 Å². The molecule has 0 amide bonds. The van der Waals surface area contributed by atoms with Crippen LogP contribution in [0.4, 0.5) is 0 Å². The normalized spacial score (nSPS) is 10.5. The predicted octanol–water partition coefficient (Wildman–Crippen LogP) is 15.5. The average Bonchev–Trinajstić information content (AvgIpc) is 3.35. The molecular formula is C60H36Y3-6. The molecule has 0 saturated carbocycles. The second-order valence-corrected chi connectivity index (χ2v) is 14.6. The van der Waals surface area contributed by atoms with Crippen LogP contribution in [0, 0.1) is 36.4 Å². The van der Waals surface area contributed by atoms with Gasteiger partial charge in [-0.1, -0.05) is 108 Å². The van der Waals surface area contributed by atoms with Crippen LogP contribution in [0.1, 0.15) is 0 Å². The Labute approximate surface area is 447 Å². The first-order chi connectivity index (χ1) is 29.8. The van der Waals surface area contributed by atoms with Crippen LogP contribution in [0.25, 0.3) is 100 Å². The minimum atomic E-state index is 0. The largest absolute Gasteiger partial charge is 0.226 e. The minimum Gasteiger partial charge on any atom is -0.226 e. The van der Waals surface area contributed by atoms with E-state index in [0.29, 0.717) is 0 Å². The quantitative estimate of drug-likeness (QED) is 0.126. The maximum Gasteiger partial charge on any atom is 0 e. The van der Waals surface area contributed by atoms with Crippen molar-refractivity contribution < 1.29 is 98.1 Å². The van der Waals surface area contributed by atoms with Gasteiger partial charge >= 0.3 is 0 Å². The van der Waals surface area contributed by atoms with E-state index in [9.17, 15) is 0 Å². The van der Waals surface area contributed by atoms with E-state index in [0.717, 1.165) is 100 Å². The summed E-state index contributed by atoms with van der Waals surface area (Å²) in [7, 11) is 0. The molecule has 0 unspecified atom stereocenters. The molecule has 291 valence electrons. The Kier molecular flexibility index (Phi) is 16.2. The summed E-state index contributed by atoms with van der Waals surface area (Å²) in [5.41, 5.74) is 19.3. The van der Waals surface area contributed by atoms with E-state index in [-0.39, 0.29) is 98.1 Å². The van der Waals surface area contributed by atoms with E-state index < -0.39 is 0 Å². The molecular weight excluding hydrogens is 987 g/mol.